The van der Waals surface area contributed by atoms with Gasteiger partial charge in [0.1, 0.15) is 0 Å². The van der Waals surface area contributed by atoms with Crippen LogP contribution >= 0.6 is 0 Å². The lowest BCUT2D eigenvalue weighted by atomic mass is 10.1. The fourth-order valence-electron chi connectivity index (χ4n) is 2.96. The van der Waals surface area contributed by atoms with Crippen LogP contribution in [0, 0.1) is 12.8 Å². The van der Waals surface area contributed by atoms with E-state index in [1.807, 2.05) is 4.90 Å². The van der Waals surface area contributed by atoms with Crippen LogP contribution in [0.15, 0.2) is 10.9 Å². The molecule has 0 spiro atoms. The molecule has 7 nitrogen and oxygen atoms in total. The lowest BCUT2D eigenvalue weighted by Gasteiger charge is -2.20. The topological polar surface area (TPSA) is 95.2 Å². The van der Waals surface area contributed by atoms with E-state index in [0.29, 0.717) is 18.7 Å². The van der Waals surface area contributed by atoms with Crippen molar-refractivity contribution in [2.75, 3.05) is 13.1 Å². The van der Waals surface area contributed by atoms with Gasteiger partial charge in [0.2, 0.25) is 11.3 Å². The third-order valence-electron chi connectivity index (χ3n) is 4.44. The minimum atomic E-state index is -0.446. The molecule has 2 heterocycles. The Morgan fingerprint density at radius 2 is 2.04 bits per heavy atom. The van der Waals surface area contributed by atoms with Gasteiger partial charge in [-0.1, -0.05) is 0 Å². The van der Waals surface area contributed by atoms with Gasteiger partial charge in [0.05, 0.1) is 0 Å². The molecule has 1 atom stereocenters. The monoisotopic (exact) mass is 318 g/mol. The summed E-state index contributed by atoms with van der Waals surface area (Å²) in [6.45, 7) is 3.13. The molecular weight excluding hydrogens is 296 g/mol. The zero-order chi connectivity index (χ0) is 16.4. The van der Waals surface area contributed by atoms with Gasteiger partial charge in [0, 0.05) is 36.8 Å². The Morgan fingerprint density at radius 3 is 2.74 bits per heavy atom. The fraction of sp³-hybridized carbons (Fsp3) is 0.625. The van der Waals surface area contributed by atoms with Crippen molar-refractivity contribution in [3.8, 4) is 0 Å². The van der Waals surface area contributed by atoms with Gasteiger partial charge in [-0.15, -0.1) is 0 Å². The van der Waals surface area contributed by atoms with Crippen LogP contribution in [0.3, 0.4) is 0 Å². The van der Waals surface area contributed by atoms with Gasteiger partial charge in [-0.25, -0.2) is 0 Å². The van der Waals surface area contributed by atoms with E-state index < -0.39 is 5.91 Å². The molecule has 1 aromatic rings. The van der Waals surface area contributed by atoms with Crippen LogP contribution in [0.25, 0.3) is 0 Å². The van der Waals surface area contributed by atoms with E-state index in [0.717, 1.165) is 32.2 Å². The van der Waals surface area contributed by atoms with Crippen LogP contribution in [-0.2, 0) is 4.79 Å². The molecule has 23 heavy (non-hydrogen) atoms. The number of aryl methyl sites for hydroxylation is 1. The Morgan fingerprint density at radius 1 is 1.26 bits per heavy atom. The van der Waals surface area contributed by atoms with Crippen LogP contribution in [0.4, 0.5) is 0 Å². The van der Waals surface area contributed by atoms with Crippen molar-refractivity contribution < 1.29 is 9.59 Å². The molecule has 1 unspecified atom stereocenters. The van der Waals surface area contributed by atoms with Gasteiger partial charge in [-0.3, -0.25) is 19.5 Å². The number of likely N-dealkylation sites (tertiary alicyclic amines) is 1. The van der Waals surface area contributed by atoms with Crippen LogP contribution in [-0.4, -0.2) is 46.0 Å². The SMILES string of the molecule is Cc1cc(=O)c(C(=O)NC2CCCN(C(=O)C3CC3)CC2)n[nH]1. The number of hydrogen-bond donors (Lipinski definition) is 2. The second kappa shape index (κ2) is 6.52. The highest BCUT2D eigenvalue weighted by Gasteiger charge is 2.34. The quantitative estimate of drug-likeness (QED) is 0.853. The van der Waals surface area contributed by atoms with Crippen LogP contribution in [0.1, 0.15) is 48.3 Å². The van der Waals surface area contributed by atoms with Gasteiger partial charge >= 0.3 is 0 Å². The molecule has 0 bridgehead atoms. The largest absolute Gasteiger partial charge is 0.348 e. The summed E-state index contributed by atoms with van der Waals surface area (Å²) in [6.07, 6.45) is 4.41. The van der Waals surface area contributed by atoms with E-state index in [1.54, 1.807) is 6.92 Å². The minimum Gasteiger partial charge on any atom is -0.348 e. The zero-order valence-corrected chi connectivity index (χ0v) is 13.3. The molecule has 2 amide bonds. The maximum absolute atomic E-state index is 12.2. The molecule has 1 aliphatic heterocycles. The molecule has 2 aliphatic rings. The molecule has 1 saturated heterocycles. The highest BCUT2D eigenvalue weighted by atomic mass is 16.2. The van der Waals surface area contributed by atoms with Crippen molar-refractivity contribution in [1.29, 1.82) is 0 Å². The summed E-state index contributed by atoms with van der Waals surface area (Å²) in [6, 6.07) is 1.34. The predicted octanol–water partition coefficient (Wildman–Crippen LogP) is 0.599. The second-order valence-corrected chi connectivity index (χ2v) is 6.46. The molecule has 0 aromatic carbocycles. The van der Waals surface area contributed by atoms with Gasteiger partial charge in [-0.2, -0.15) is 5.10 Å². The standard InChI is InChI=1S/C16H22N4O3/c1-10-9-13(21)14(19-18-10)15(22)17-12-3-2-7-20(8-6-12)16(23)11-4-5-11/h9,11-12H,2-8H2,1H3,(H,17,22)(H,18,21). The van der Waals surface area contributed by atoms with Crippen LogP contribution in [0.2, 0.25) is 0 Å². The van der Waals surface area contributed by atoms with Crippen molar-refractivity contribution in [2.24, 2.45) is 5.92 Å². The molecule has 124 valence electrons. The molecule has 1 aliphatic carbocycles. The lowest BCUT2D eigenvalue weighted by molar-refractivity contribution is -0.132. The Bertz CT molecular complexity index is 666. The number of rotatable bonds is 3. The summed E-state index contributed by atoms with van der Waals surface area (Å²) >= 11 is 0. The van der Waals surface area contributed by atoms with E-state index in [9.17, 15) is 14.4 Å². The molecule has 1 aromatic heterocycles. The highest BCUT2D eigenvalue weighted by molar-refractivity contribution is 5.92. The second-order valence-electron chi connectivity index (χ2n) is 6.46. The number of carbonyl (C=O) groups excluding carboxylic acids is 2. The number of H-pyrrole nitrogens is 1. The lowest BCUT2D eigenvalue weighted by Crippen LogP contribution is -2.39. The fourth-order valence-corrected chi connectivity index (χ4v) is 2.96. The van der Waals surface area contributed by atoms with Crippen molar-refractivity contribution >= 4 is 11.8 Å². The number of hydrogen-bond acceptors (Lipinski definition) is 4. The Kier molecular flexibility index (Phi) is 4.45. The summed E-state index contributed by atoms with van der Waals surface area (Å²) in [5.41, 5.74) is 0.138. The van der Waals surface area contributed by atoms with Gasteiger partial charge in [0.25, 0.3) is 5.91 Å². The normalized spacial score (nSPS) is 21.6. The Hall–Kier alpha value is -2.18. The molecule has 1 saturated carbocycles. The number of carbonyl (C=O) groups is 2. The minimum absolute atomic E-state index is 0.0259. The van der Waals surface area contributed by atoms with Crippen molar-refractivity contribution in [3.05, 3.63) is 27.7 Å². The number of nitrogens with zero attached hydrogens (tertiary/aromatic N) is 2. The first-order chi connectivity index (χ1) is 11.0. The van der Waals surface area contributed by atoms with E-state index in [2.05, 4.69) is 15.5 Å². The highest BCUT2D eigenvalue weighted by Crippen LogP contribution is 2.31. The molecule has 2 fully saturated rings. The number of aromatic amines is 1. The maximum atomic E-state index is 12.2. The Balaban J connectivity index is 1.58. The first-order valence-corrected chi connectivity index (χ1v) is 8.20. The molecule has 2 N–H and O–H groups in total. The van der Waals surface area contributed by atoms with Crippen LogP contribution in [0.5, 0.6) is 0 Å². The van der Waals surface area contributed by atoms with Gasteiger partial charge in [-0.05, 0) is 39.0 Å². The summed E-state index contributed by atoms with van der Waals surface area (Å²) in [7, 11) is 0. The number of aromatic nitrogens is 2. The van der Waals surface area contributed by atoms with E-state index in [4.69, 9.17) is 0 Å². The van der Waals surface area contributed by atoms with Gasteiger partial charge in [0.15, 0.2) is 5.69 Å². The summed E-state index contributed by atoms with van der Waals surface area (Å²) in [4.78, 5) is 38.1. The van der Waals surface area contributed by atoms with Gasteiger partial charge < -0.3 is 10.2 Å². The smallest absolute Gasteiger partial charge is 0.276 e. The van der Waals surface area contributed by atoms with E-state index in [-0.39, 0.29) is 29.0 Å². The first kappa shape index (κ1) is 15.7. The van der Waals surface area contributed by atoms with Crippen molar-refractivity contribution in [2.45, 2.75) is 45.1 Å². The average Bonchev–Trinajstić information content (AvgIpc) is 3.34. The third kappa shape index (κ3) is 3.78. The first-order valence-electron chi connectivity index (χ1n) is 8.20. The van der Waals surface area contributed by atoms with E-state index in [1.165, 1.54) is 6.07 Å². The predicted molar refractivity (Wildman–Crippen MR) is 84.0 cm³/mol. The summed E-state index contributed by atoms with van der Waals surface area (Å²) in [5.74, 6) is 0.0447. The van der Waals surface area contributed by atoms with E-state index >= 15 is 0 Å². The number of nitrogens with one attached hydrogen (secondary N) is 2. The number of amides is 2. The molecule has 3 rings (SSSR count). The summed E-state index contributed by atoms with van der Waals surface area (Å²) in [5, 5.41) is 9.36. The van der Waals surface area contributed by atoms with Crippen LogP contribution < -0.4 is 10.7 Å². The molecule has 7 heteroatoms. The summed E-state index contributed by atoms with van der Waals surface area (Å²) < 4.78 is 0. The molecular formula is C16H22N4O3. The van der Waals surface area contributed by atoms with Crippen molar-refractivity contribution in [1.82, 2.24) is 20.4 Å². The third-order valence-corrected chi connectivity index (χ3v) is 4.44. The Labute approximate surface area is 134 Å². The maximum Gasteiger partial charge on any atom is 0.276 e. The molecule has 0 radical (unpaired) electrons. The zero-order valence-electron chi connectivity index (χ0n) is 13.3. The average molecular weight is 318 g/mol. The van der Waals surface area contributed by atoms with Crippen molar-refractivity contribution in [3.63, 3.8) is 0 Å².